The smallest absolute Gasteiger partial charge is 0.416 e. The van der Waals surface area contributed by atoms with Crippen molar-refractivity contribution in [2.45, 2.75) is 20.0 Å². The fraction of sp³-hybridized carbons (Fsp3) is 0.192. The first kappa shape index (κ1) is 22.5. The lowest BCUT2D eigenvalue weighted by Crippen LogP contribution is -2.07. The van der Waals surface area contributed by atoms with Crippen molar-refractivity contribution in [1.29, 1.82) is 0 Å². The quantitative estimate of drug-likeness (QED) is 0.335. The van der Waals surface area contributed by atoms with Crippen molar-refractivity contribution in [1.82, 2.24) is 0 Å². The van der Waals surface area contributed by atoms with Crippen LogP contribution in [-0.2, 0) is 6.18 Å². The van der Waals surface area contributed by atoms with E-state index >= 15 is 0 Å². The van der Waals surface area contributed by atoms with E-state index in [9.17, 15) is 13.2 Å². The third-order valence-electron chi connectivity index (χ3n) is 5.28. The molecule has 0 unspecified atom stereocenters. The lowest BCUT2D eigenvalue weighted by Gasteiger charge is -2.11. The number of hydrogen-bond donors (Lipinski definition) is 0. The normalized spacial score (nSPS) is 12.3. The Morgan fingerprint density at radius 1 is 0.848 bits per heavy atom. The SMILES string of the molecule is COc1ccc(-c2cc(=Nc3cccc(C(F)(F)F)c3)c3c(C)cc(C)cc3o2)cc1OC. The molecule has 0 saturated carbocycles. The zero-order chi connectivity index (χ0) is 23.8. The number of benzene rings is 3. The summed E-state index contributed by atoms with van der Waals surface area (Å²) in [6.45, 7) is 3.88. The first-order valence-electron chi connectivity index (χ1n) is 10.2. The molecule has 7 heteroatoms. The predicted octanol–water partition coefficient (Wildman–Crippen LogP) is 6.99. The molecular formula is C26H22F3NO3. The van der Waals surface area contributed by atoms with Crippen LogP contribution in [0.25, 0.3) is 22.3 Å². The molecule has 0 aliphatic rings. The van der Waals surface area contributed by atoms with Crippen LogP contribution in [0.5, 0.6) is 11.5 Å². The lowest BCUT2D eigenvalue weighted by molar-refractivity contribution is -0.137. The minimum Gasteiger partial charge on any atom is -0.493 e. The zero-order valence-electron chi connectivity index (χ0n) is 18.6. The monoisotopic (exact) mass is 453 g/mol. The van der Waals surface area contributed by atoms with Gasteiger partial charge in [0.05, 0.1) is 30.8 Å². The van der Waals surface area contributed by atoms with Crippen molar-refractivity contribution in [3.8, 4) is 22.8 Å². The summed E-state index contributed by atoms with van der Waals surface area (Å²) in [6.07, 6.45) is -4.45. The second kappa shape index (κ2) is 8.65. The molecule has 0 N–H and O–H groups in total. The third kappa shape index (κ3) is 4.58. The second-order valence-corrected chi connectivity index (χ2v) is 7.68. The number of halogens is 3. The summed E-state index contributed by atoms with van der Waals surface area (Å²) in [6, 6.07) is 15.9. The van der Waals surface area contributed by atoms with Crippen molar-refractivity contribution in [2.75, 3.05) is 14.2 Å². The number of nitrogens with zero attached hydrogens (tertiary/aromatic N) is 1. The van der Waals surface area contributed by atoms with Crippen LogP contribution in [0, 0.1) is 13.8 Å². The largest absolute Gasteiger partial charge is 0.493 e. The molecule has 1 aromatic heterocycles. The van der Waals surface area contributed by atoms with Crippen LogP contribution in [0.2, 0.25) is 0 Å². The minimum absolute atomic E-state index is 0.204. The fourth-order valence-electron chi connectivity index (χ4n) is 3.79. The second-order valence-electron chi connectivity index (χ2n) is 7.68. The molecule has 0 spiro atoms. The predicted molar refractivity (Wildman–Crippen MR) is 121 cm³/mol. The first-order valence-corrected chi connectivity index (χ1v) is 10.2. The highest BCUT2D eigenvalue weighted by molar-refractivity contribution is 5.83. The Labute approximate surface area is 188 Å². The highest BCUT2D eigenvalue weighted by atomic mass is 19.4. The third-order valence-corrected chi connectivity index (χ3v) is 5.28. The van der Waals surface area contributed by atoms with Gasteiger partial charge < -0.3 is 13.9 Å². The van der Waals surface area contributed by atoms with Gasteiger partial charge in [-0.3, -0.25) is 0 Å². The Morgan fingerprint density at radius 2 is 1.61 bits per heavy atom. The standard InChI is InChI=1S/C26H22F3NO3/c1-15-10-16(2)25-20(30-19-7-5-6-18(13-19)26(27,28)29)14-22(33-24(25)11-15)17-8-9-21(31-3)23(12-17)32-4/h5-14H,1-4H3. The Balaban J connectivity index is 1.99. The molecule has 0 aliphatic heterocycles. The zero-order valence-corrected chi connectivity index (χ0v) is 18.6. The number of aryl methyl sites for hydroxylation is 2. The highest BCUT2D eigenvalue weighted by Gasteiger charge is 2.30. The molecule has 0 saturated heterocycles. The van der Waals surface area contributed by atoms with Gasteiger partial charge in [0.1, 0.15) is 11.3 Å². The van der Waals surface area contributed by atoms with Gasteiger partial charge in [-0.15, -0.1) is 0 Å². The molecule has 4 rings (SSSR count). The van der Waals surface area contributed by atoms with Crippen LogP contribution in [0.1, 0.15) is 16.7 Å². The van der Waals surface area contributed by atoms with Crippen molar-refractivity contribution in [3.05, 3.63) is 82.7 Å². The number of fused-ring (bicyclic) bond motifs is 1. The molecular weight excluding hydrogens is 431 g/mol. The van der Waals surface area contributed by atoms with Crippen molar-refractivity contribution in [2.24, 2.45) is 4.99 Å². The number of hydrogen-bond acceptors (Lipinski definition) is 4. The Bertz CT molecular complexity index is 1400. The molecule has 33 heavy (non-hydrogen) atoms. The van der Waals surface area contributed by atoms with Gasteiger partial charge in [0.25, 0.3) is 0 Å². The minimum atomic E-state index is -4.45. The summed E-state index contributed by atoms with van der Waals surface area (Å²) in [5.74, 6) is 1.60. The molecule has 0 radical (unpaired) electrons. The van der Waals surface area contributed by atoms with E-state index in [1.807, 2.05) is 32.0 Å². The van der Waals surface area contributed by atoms with E-state index in [4.69, 9.17) is 13.9 Å². The molecule has 1 heterocycles. The van der Waals surface area contributed by atoms with Gasteiger partial charge in [0.15, 0.2) is 11.5 Å². The van der Waals surface area contributed by atoms with Crippen LogP contribution in [-0.4, -0.2) is 14.2 Å². The molecule has 4 aromatic rings. The van der Waals surface area contributed by atoms with E-state index in [0.717, 1.165) is 28.6 Å². The summed E-state index contributed by atoms with van der Waals surface area (Å²) in [7, 11) is 3.09. The Hall–Kier alpha value is -3.74. The maximum atomic E-state index is 13.2. The molecule has 0 bridgehead atoms. The Morgan fingerprint density at radius 3 is 2.30 bits per heavy atom. The van der Waals surface area contributed by atoms with Crippen molar-refractivity contribution >= 4 is 16.7 Å². The fourth-order valence-corrected chi connectivity index (χ4v) is 3.79. The maximum absolute atomic E-state index is 13.2. The number of ether oxygens (including phenoxy) is 2. The molecule has 0 fully saturated rings. The van der Waals surface area contributed by atoms with Gasteiger partial charge in [-0.1, -0.05) is 12.1 Å². The molecule has 0 atom stereocenters. The average Bonchev–Trinajstić information content (AvgIpc) is 2.77. The number of rotatable bonds is 4. The van der Waals surface area contributed by atoms with Crippen LogP contribution < -0.4 is 14.8 Å². The molecule has 3 aromatic carbocycles. The first-order chi connectivity index (χ1) is 15.7. The van der Waals surface area contributed by atoms with E-state index < -0.39 is 11.7 Å². The van der Waals surface area contributed by atoms with E-state index in [1.165, 1.54) is 6.07 Å². The summed E-state index contributed by atoms with van der Waals surface area (Å²) < 4.78 is 56.5. The van der Waals surface area contributed by atoms with E-state index in [1.54, 1.807) is 38.5 Å². The van der Waals surface area contributed by atoms with E-state index in [-0.39, 0.29) is 5.69 Å². The van der Waals surface area contributed by atoms with Gasteiger partial charge >= 0.3 is 6.18 Å². The van der Waals surface area contributed by atoms with Gasteiger partial charge in [-0.05, 0) is 67.4 Å². The summed E-state index contributed by atoms with van der Waals surface area (Å²) in [5.41, 5.74) is 2.67. The summed E-state index contributed by atoms with van der Waals surface area (Å²) in [4.78, 5) is 4.58. The van der Waals surface area contributed by atoms with Gasteiger partial charge in [0, 0.05) is 17.0 Å². The van der Waals surface area contributed by atoms with E-state index in [2.05, 4.69) is 4.99 Å². The van der Waals surface area contributed by atoms with E-state index in [0.29, 0.717) is 33.8 Å². The topological polar surface area (TPSA) is 44.0 Å². The summed E-state index contributed by atoms with van der Waals surface area (Å²) in [5, 5.41) is 1.25. The lowest BCUT2D eigenvalue weighted by atomic mass is 10.0. The number of methoxy groups -OCH3 is 2. The van der Waals surface area contributed by atoms with Crippen LogP contribution >= 0.6 is 0 Å². The van der Waals surface area contributed by atoms with Crippen LogP contribution in [0.3, 0.4) is 0 Å². The van der Waals surface area contributed by atoms with Crippen LogP contribution in [0.4, 0.5) is 18.9 Å². The average molecular weight is 453 g/mol. The molecule has 170 valence electrons. The number of alkyl halides is 3. The molecule has 0 aliphatic carbocycles. The van der Waals surface area contributed by atoms with Gasteiger partial charge in [0.2, 0.25) is 0 Å². The molecule has 4 nitrogen and oxygen atoms in total. The maximum Gasteiger partial charge on any atom is 0.416 e. The van der Waals surface area contributed by atoms with Gasteiger partial charge in [-0.2, -0.15) is 13.2 Å². The molecule has 0 amide bonds. The highest BCUT2D eigenvalue weighted by Crippen LogP contribution is 2.34. The van der Waals surface area contributed by atoms with Crippen LogP contribution in [0.15, 0.2) is 70.1 Å². The summed E-state index contributed by atoms with van der Waals surface area (Å²) >= 11 is 0. The van der Waals surface area contributed by atoms with Gasteiger partial charge in [-0.25, -0.2) is 4.99 Å². The van der Waals surface area contributed by atoms with Crippen molar-refractivity contribution in [3.63, 3.8) is 0 Å². The van der Waals surface area contributed by atoms with Crippen molar-refractivity contribution < 1.29 is 27.1 Å². The Kier molecular flexibility index (Phi) is 5.89.